The van der Waals surface area contributed by atoms with Crippen LogP contribution in [0, 0.1) is 5.92 Å². The van der Waals surface area contributed by atoms with Gasteiger partial charge in [-0.15, -0.1) is 0 Å². The van der Waals surface area contributed by atoms with E-state index in [9.17, 15) is 9.59 Å². The van der Waals surface area contributed by atoms with E-state index in [-0.39, 0.29) is 12.6 Å². The van der Waals surface area contributed by atoms with Crippen LogP contribution in [0.3, 0.4) is 0 Å². The fourth-order valence-corrected chi connectivity index (χ4v) is 2.42. The molecule has 0 saturated carbocycles. The van der Waals surface area contributed by atoms with E-state index in [1.165, 1.54) is 25.5 Å². The summed E-state index contributed by atoms with van der Waals surface area (Å²) in [6.07, 6.45) is 2.74. The summed E-state index contributed by atoms with van der Waals surface area (Å²) in [6, 6.07) is 8.58. The molecule has 0 spiro atoms. The highest BCUT2D eigenvalue weighted by Gasteiger charge is 2.17. The number of hydrogen-bond acceptors (Lipinski definition) is 4. The van der Waals surface area contributed by atoms with Gasteiger partial charge in [0.05, 0.1) is 13.7 Å². The average molecular weight is 320 g/mol. The molecule has 0 fully saturated rings. The molecule has 0 bridgehead atoms. The third kappa shape index (κ3) is 6.82. The molecule has 5 heteroatoms. The van der Waals surface area contributed by atoms with Gasteiger partial charge in [-0.05, 0) is 29.9 Å². The fraction of sp³-hybridized carbons (Fsp3) is 0.556. The Labute approximate surface area is 138 Å². The topological polar surface area (TPSA) is 67.4 Å². The van der Waals surface area contributed by atoms with Crippen molar-refractivity contribution in [3.63, 3.8) is 0 Å². The van der Waals surface area contributed by atoms with E-state index in [1.54, 1.807) is 0 Å². The Hall–Kier alpha value is -1.88. The molecular weight excluding hydrogens is 292 g/mol. The number of aryl methyl sites for hydroxylation is 1. The second-order valence-corrected chi connectivity index (χ2v) is 5.99. The van der Waals surface area contributed by atoms with Crippen molar-refractivity contribution in [2.45, 2.75) is 46.1 Å². The number of alkyl carbamates (subject to hydrolysis) is 1. The summed E-state index contributed by atoms with van der Waals surface area (Å²) >= 11 is 0. The highest BCUT2D eigenvalue weighted by molar-refractivity contribution is 5.92. The van der Waals surface area contributed by atoms with Crippen LogP contribution in [-0.4, -0.2) is 25.7 Å². The Balaban J connectivity index is 2.64. The van der Waals surface area contributed by atoms with Gasteiger partial charge in [0.1, 0.15) is 0 Å². The molecule has 2 amide bonds. The minimum absolute atomic E-state index is 0.0543. The van der Waals surface area contributed by atoms with Gasteiger partial charge in [0.25, 0.3) is 0 Å². The molecule has 0 unspecified atom stereocenters. The zero-order valence-electron chi connectivity index (χ0n) is 14.5. The minimum atomic E-state index is -0.738. The number of unbranched alkanes of at least 4 members (excludes halogenated alkanes) is 1. The first-order valence-corrected chi connectivity index (χ1v) is 8.18. The molecule has 128 valence electrons. The number of amides is 2. The maximum absolute atomic E-state index is 11.7. The Morgan fingerprint density at radius 2 is 1.83 bits per heavy atom. The highest BCUT2D eigenvalue weighted by atomic mass is 16.5. The van der Waals surface area contributed by atoms with Crippen molar-refractivity contribution in [2.75, 3.05) is 13.7 Å². The third-order valence-corrected chi connectivity index (χ3v) is 3.73. The van der Waals surface area contributed by atoms with Crippen LogP contribution in [0.25, 0.3) is 0 Å². The number of hydrogen-bond donors (Lipinski definition) is 2. The van der Waals surface area contributed by atoms with Crippen LogP contribution in [0.4, 0.5) is 4.79 Å². The molecule has 2 N–H and O–H groups in total. The number of carbonyl (C=O) groups is 2. The predicted molar refractivity (Wildman–Crippen MR) is 91.2 cm³/mol. The number of methoxy groups -OCH3 is 1. The molecule has 1 atom stereocenters. The summed E-state index contributed by atoms with van der Waals surface area (Å²) < 4.78 is 4.41. The summed E-state index contributed by atoms with van der Waals surface area (Å²) in [5.41, 5.74) is 2.48. The van der Waals surface area contributed by atoms with Gasteiger partial charge in [0.15, 0.2) is 0 Å². The third-order valence-electron chi connectivity index (χ3n) is 3.73. The van der Waals surface area contributed by atoms with Gasteiger partial charge in [-0.25, -0.2) is 4.79 Å². The van der Waals surface area contributed by atoms with Gasteiger partial charge in [0.2, 0.25) is 5.91 Å². The molecular formula is C18H28N2O3. The van der Waals surface area contributed by atoms with Crippen molar-refractivity contribution >= 4 is 12.0 Å². The maximum atomic E-state index is 11.7. The molecule has 0 saturated heterocycles. The summed E-state index contributed by atoms with van der Waals surface area (Å²) in [7, 11) is 1.23. The zero-order valence-corrected chi connectivity index (χ0v) is 14.5. The molecule has 0 heterocycles. The van der Waals surface area contributed by atoms with E-state index in [0.29, 0.717) is 5.92 Å². The van der Waals surface area contributed by atoms with Crippen LogP contribution < -0.4 is 10.6 Å². The molecule has 1 rings (SSSR count). The van der Waals surface area contributed by atoms with E-state index in [2.05, 4.69) is 60.4 Å². The van der Waals surface area contributed by atoms with E-state index in [0.717, 1.165) is 12.0 Å². The number of benzene rings is 1. The zero-order chi connectivity index (χ0) is 17.2. The number of imide groups is 1. The SMILES string of the molecule is CCCCc1ccc([C@H](NCC(=O)NC(=O)OC)C(C)C)cc1. The molecule has 0 aliphatic rings. The summed E-state index contributed by atoms with van der Waals surface area (Å²) in [5.74, 6) is -0.0792. The Bertz CT molecular complexity index is 497. The van der Waals surface area contributed by atoms with Crippen LogP contribution in [0.5, 0.6) is 0 Å². The smallest absolute Gasteiger partial charge is 0.413 e. The van der Waals surface area contributed by atoms with Crippen LogP contribution in [-0.2, 0) is 16.0 Å². The highest BCUT2D eigenvalue weighted by Crippen LogP contribution is 2.22. The van der Waals surface area contributed by atoms with Crippen LogP contribution in [0.1, 0.15) is 50.8 Å². The van der Waals surface area contributed by atoms with E-state index < -0.39 is 12.0 Å². The van der Waals surface area contributed by atoms with Gasteiger partial charge >= 0.3 is 6.09 Å². The maximum Gasteiger partial charge on any atom is 0.413 e. The number of ether oxygens (including phenoxy) is 1. The molecule has 0 radical (unpaired) electrons. The average Bonchev–Trinajstić information content (AvgIpc) is 2.53. The summed E-state index contributed by atoms with van der Waals surface area (Å²) in [5, 5.41) is 5.35. The standard InChI is InChI=1S/C18H28N2O3/c1-5-6-7-14-8-10-15(11-9-14)17(13(2)3)19-12-16(21)20-18(22)23-4/h8-11,13,17,19H,5-7,12H2,1-4H3,(H,20,21,22)/t17-/m1/s1. The normalized spacial score (nSPS) is 12.0. The van der Waals surface area contributed by atoms with Crippen LogP contribution in [0.2, 0.25) is 0 Å². The molecule has 1 aromatic carbocycles. The van der Waals surface area contributed by atoms with E-state index >= 15 is 0 Å². The largest absolute Gasteiger partial charge is 0.453 e. The van der Waals surface area contributed by atoms with Gasteiger partial charge in [0, 0.05) is 6.04 Å². The molecule has 0 aliphatic carbocycles. The number of carbonyl (C=O) groups excluding carboxylic acids is 2. The lowest BCUT2D eigenvalue weighted by molar-refractivity contribution is -0.119. The lowest BCUT2D eigenvalue weighted by atomic mass is 9.94. The van der Waals surface area contributed by atoms with Gasteiger partial charge in [-0.1, -0.05) is 51.5 Å². The number of rotatable bonds is 8. The minimum Gasteiger partial charge on any atom is -0.453 e. The second kappa shape index (κ2) is 10.0. The van der Waals surface area contributed by atoms with Crippen molar-refractivity contribution in [3.05, 3.63) is 35.4 Å². The quantitative estimate of drug-likeness (QED) is 0.772. The molecule has 0 aliphatic heterocycles. The van der Waals surface area contributed by atoms with Gasteiger partial charge in [-0.2, -0.15) is 0 Å². The fourth-order valence-electron chi connectivity index (χ4n) is 2.42. The van der Waals surface area contributed by atoms with Gasteiger partial charge < -0.3 is 10.1 Å². The van der Waals surface area contributed by atoms with Crippen LogP contribution >= 0.6 is 0 Å². The second-order valence-electron chi connectivity index (χ2n) is 5.99. The van der Waals surface area contributed by atoms with Crippen molar-refractivity contribution in [1.29, 1.82) is 0 Å². The molecule has 23 heavy (non-hydrogen) atoms. The first-order chi connectivity index (χ1) is 11.0. The van der Waals surface area contributed by atoms with E-state index in [1.807, 2.05) is 0 Å². The van der Waals surface area contributed by atoms with E-state index in [4.69, 9.17) is 0 Å². The van der Waals surface area contributed by atoms with Crippen molar-refractivity contribution in [3.8, 4) is 0 Å². The monoisotopic (exact) mass is 320 g/mol. The summed E-state index contributed by atoms with van der Waals surface area (Å²) in [4.78, 5) is 22.7. The molecule has 1 aromatic rings. The van der Waals surface area contributed by atoms with Crippen molar-refractivity contribution < 1.29 is 14.3 Å². The number of nitrogens with one attached hydrogen (secondary N) is 2. The molecule has 0 aromatic heterocycles. The Morgan fingerprint density at radius 3 is 2.35 bits per heavy atom. The Morgan fingerprint density at radius 1 is 1.17 bits per heavy atom. The van der Waals surface area contributed by atoms with Crippen molar-refractivity contribution in [2.24, 2.45) is 5.92 Å². The van der Waals surface area contributed by atoms with Gasteiger partial charge in [-0.3, -0.25) is 10.1 Å². The lowest BCUT2D eigenvalue weighted by Crippen LogP contribution is -2.39. The lowest BCUT2D eigenvalue weighted by Gasteiger charge is -2.23. The Kier molecular flexibility index (Phi) is 8.33. The first kappa shape index (κ1) is 19.2. The first-order valence-electron chi connectivity index (χ1n) is 8.18. The summed E-state index contributed by atoms with van der Waals surface area (Å²) in [6.45, 7) is 6.45. The predicted octanol–water partition coefficient (Wildman–Crippen LogP) is 3.20. The molecule has 5 nitrogen and oxygen atoms in total. The van der Waals surface area contributed by atoms with Crippen molar-refractivity contribution in [1.82, 2.24) is 10.6 Å². The van der Waals surface area contributed by atoms with Crippen LogP contribution in [0.15, 0.2) is 24.3 Å².